The maximum absolute atomic E-state index is 14.7. The predicted octanol–water partition coefficient (Wildman–Crippen LogP) is 10.4. The van der Waals surface area contributed by atoms with Gasteiger partial charge in [-0.2, -0.15) is 0 Å². The molecule has 0 radical (unpaired) electrons. The Morgan fingerprint density at radius 1 is 0.744 bits per heavy atom. The van der Waals surface area contributed by atoms with Gasteiger partial charge in [-0.05, 0) is 85.7 Å². The van der Waals surface area contributed by atoms with Crippen LogP contribution in [0.4, 0.5) is 4.39 Å². The van der Waals surface area contributed by atoms with Crippen LogP contribution in [0, 0.1) is 5.82 Å². The first-order valence-corrected chi connectivity index (χ1v) is 14.9. The minimum atomic E-state index is -0.409. The van der Waals surface area contributed by atoms with Gasteiger partial charge in [-0.1, -0.05) is 95.5 Å². The van der Waals surface area contributed by atoms with E-state index in [9.17, 15) is 9.18 Å². The van der Waals surface area contributed by atoms with E-state index < -0.39 is 5.97 Å². The van der Waals surface area contributed by atoms with E-state index in [2.05, 4.69) is 13.8 Å². The predicted molar refractivity (Wildman–Crippen MR) is 159 cm³/mol. The normalized spacial score (nSPS) is 11.8. The van der Waals surface area contributed by atoms with Gasteiger partial charge < -0.3 is 9.47 Å². The van der Waals surface area contributed by atoms with Crippen molar-refractivity contribution in [2.24, 2.45) is 0 Å². The lowest BCUT2D eigenvalue weighted by atomic mass is 10.0. The summed E-state index contributed by atoms with van der Waals surface area (Å²) < 4.78 is 26.1. The molecule has 0 heterocycles. The summed E-state index contributed by atoms with van der Waals surface area (Å²) in [4.78, 5) is 12.7. The minimum absolute atomic E-state index is 0.0241. The molecule has 3 aromatic carbocycles. The van der Waals surface area contributed by atoms with Crippen molar-refractivity contribution in [1.29, 1.82) is 0 Å². The van der Waals surface area contributed by atoms with E-state index in [1.54, 1.807) is 18.2 Å². The van der Waals surface area contributed by atoms with E-state index in [1.807, 2.05) is 49.4 Å². The second kappa shape index (κ2) is 16.7. The highest BCUT2D eigenvalue weighted by atomic mass is 19.1. The molecule has 0 aliphatic rings. The van der Waals surface area contributed by atoms with E-state index in [0.717, 1.165) is 30.4 Å². The highest BCUT2D eigenvalue weighted by Crippen LogP contribution is 2.27. The van der Waals surface area contributed by atoms with Crippen molar-refractivity contribution in [2.75, 3.05) is 0 Å². The summed E-state index contributed by atoms with van der Waals surface area (Å²) in [5.41, 5.74) is 3.27. The van der Waals surface area contributed by atoms with E-state index in [0.29, 0.717) is 11.3 Å². The Kier molecular flexibility index (Phi) is 13.1. The first-order valence-electron chi connectivity index (χ1n) is 14.9. The number of esters is 1. The standard InChI is InChI=1S/C35H45FO3/c1-4-6-8-10-11-13-15-28-16-23-32(24-17-28)39-35(37)30-20-18-29(19-21-30)31-22-25-34(33(36)26-31)38-27(3)14-12-9-7-5-2/h16-27H,4-15H2,1-3H3/t27-/m1/s1. The molecule has 0 bridgehead atoms. The Balaban J connectivity index is 1.49. The summed E-state index contributed by atoms with van der Waals surface area (Å²) in [6, 6.07) is 19.9. The number of unbranched alkanes of at least 4 members (excludes halogenated alkanes) is 8. The summed E-state index contributed by atoms with van der Waals surface area (Å²) in [5, 5.41) is 0. The molecule has 0 aliphatic carbocycles. The van der Waals surface area contributed by atoms with Gasteiger partial charge in [-0.3, -0.25) is 0 Å². The molecule has 0 spiro atoms. The zero-order valence-corrected chi connectivity index (χ0v) is 24.0. The summed E-state index contributed by atoms with van der Waals surface area (Å²) in [6.07, 6.45) is 14.3. The molecule has 0 unspecified atom stereocenters. The molecule has 0 amide bonds. The number of carbonyl (C=O) groups excluding carboxylic acids is 1. The largest absolute Gasteiger partial charge is 0.488 e. The van der Waals surface area contributed by atoms with Gasteiger partial charge in [0.1, 0.15) is 5.75 Å². The van der Waals surface area contributed by atoms with E-state index >= 15 is 0 Å². The van der Waals surface area contributed by atoms with Gasteiger partial charge in [0, 0.05) is 0 Å². The van der Waals surface area contributed by atoms with Crippen molar-refractivity contribution in [2.45, 2.75) is 104 Å². The highest BCUT2D eigenvalue weighted by molar-refractivity contribution is 5.91. The zero-order chi connectivity index (χ0) is 27.9. The molecule has 1 atom stereocenters. The van der Waals surface area contributed by atoms with Crippen molar-refractivity contribution in [3.05, 3.63) is 83.7 Å². The van der Waals surface area contributed by atoms with Gasteiger partial charge in [0.25, 0.3) is 0 Å². The first kappa shape index (κ1) is 30.4. The lowest BCUT2D eigenvalue weighted by Gasteiger charge is -2.16. The first-order chi connectivity index (χ1) is 19.0. The van der Waals surface area contributed by atoms with Crippen LogP contribution in [0.25, 0.3) is 11.1 Å². The molecule has 0 saturated carbocycles. The van der Waals surface area contributed by atoms with Gasteiger partial charge in [0.2, 0.25) is 0 Å². The average Bonchev–Trinajstić information content (AvgIpc) is 2.95. The molecule has 39 heavy (non-hydrogen) atoms. The third-order valence-electron chi connectivity index (χ3n) is 7.13. The Bertz CT molecular complexity index is 1120. The second-order valence-corrected chi connectivity index (χ2v) is 10.6. The molecule has 3 rings (SSSR count). The van der Waals surface area contributed by atoms with Crippen molar-refractivity contribution < 1.29 is 18.7 Å². The number of hydrogen-bond donors (Lipinski definition) is 0. The number of halogens is 1. The maximum atomic E-state index is 14.7. The van der Waals surface area contributed by atoms with Crippen LogP contribution >= 0.6 is 0 Å². The monoisotopic (exact) mass is 532 g/mol. The lowest BCUT2D eigenvalue weighted by Crippen LogP contribution is -2.12. The van der Waals surface area contributed by atoms with Gasteiger partial charge in [0.05, 0.1) is 11.7 Å². The van der Waals surface area contributed by atoms with Gasteiger partial charge in [-0.15, -0.1) is 0 Å². The molecular formula is C35H45FO3. The van der Waals surface area contributed by atoms with Crippen molar-refractivity contribution in [3.63, 3.8) is 0 Å². The Morgan fingerprint density at radius 3 is 2.03 bits per heavy atom. The summed E-state index contributed by atoms with van der Waals surface area (Å²) in [5.74, 6) is 0.0253. The van der Waals surface area contributed by atoms with Crippen LogP contribution in [0.15, 0.2) is 66.7 Å². The van der Waals surface area contributed by atoms with E-state index in [4.69, 9.17) is 9.47 Å². The van der Waals surface area contributed by atoms with E-state index in [1.165, 1.54) is 69.4 Å². The Hall–Kier alpha value is -3.14. The van der Waals surface area contributed by atoms with Crippen LogP contribution in [0.3, 0.4) is 0 Å². The highest BCUT2D eigenvalue weighted by Gasteiger charge is 2.12. The van der Waals surface area contributed by atoms with Crippen LogP contribution in [-0.4, -0.2) is 12.1 Å². The fraction of sp³-hybridized carbons (Fsp3) is 0.457. The molecule has 0 aromatic heterocycles. The quantitative estimate of drug-likeness (QED) is 0.0985. The smallest absolute Gasteiger partial charge is 0.343 e. The minimum Gasteiger partial charge on any atom is -0.488 e. The number of carbonyl (C=O) groups is 1. The van der Waals surface area contributed by atoms with Crippen LogP contribution in [0.1, 0.15) is 107 Å². The van der Waals surface area contributed by atoms with Gasteiger partial charge in [-0.25, -0.2) is 9.18 Å². The number of hydrogen-bond acceptors (Lipinski definition) is 3. The molecule has 0 saturated heterocycles. The topological polar surface area (TPSA) is 35.5 Å². The molecule has 0 N–H and O–H groups in total. The maximum Gasteiger partial charge on any atom is 0.343 e. The van der Waals surface area contributed by atoms with Crippen LogP contribution < -0.4 is 9.47 Å². The fourth-order valence-corrected chi connectivity index (χ4v) is 4.71. The van der Waals surface area contributed by atoms with Crippen molar-refractivity contribution >= 4 is 5.97 Å². The van der Waals surface area contributed by atoms with Crippen LogP contribution in [0.2, 0.25) is 0 Å². The SMILES string of the molecule is CCCCCCCCc1ccc(OC(=O)c2ccc(-c3ccc(O[C@H](C)CCCCCC)c(F)c3)cc2)cc1. The molecule has 0 fully saturated rings. The molecule has 3 aromatic rings. The molecule has 4 heteroatoms. The molecular weight excluding hydrogens is 487 g/mol. The van der Waals surface area contributed by atoms with Crippen molar-refractivity contribution in [3.8, 4) is 22.6 Å². The average molecular weight is 533 g/mol. The fourth-order valence-electron chi connectivity index (χ4n) is 4.71. The molecule has 3 nitrogen and oxygen atoms in total. The summed E-state index contributed by atoms with van der Waals surface area (Å²) in [7, 11) is 0. The summed E-state index contributed by atoms with van der Waals surface area (Å²) in [6.45, 7) is 6.41. The van der Waals surface area contributed by atoms with E-state index in [-0.39, 0.29) is 17.7 Å². The number of rotatable bonds is 17. The third-order valence-corrected chi connectivity index (χ3v) is 7.13. The lowest BCUT2D eigenvalue weighted by molar-refractivity contribution is 0.0734. The zero-order valence-electron chi connectivity index (χ0n) is 24.0. The number of aryl methyl sites for hydroxylation is 1. The van der Waals surface area contributed by atoms with Crippen molar-refractivity contribution in [1.82, 2.24) is 0 Å². The van der Waals surface area contributed by atoms with Crippen LogP contribution in [0.5, 0.6) is 11.5 Å². The Labute approximate surface area is 234 Å². The number of benzene rings is 3. The summed E-state index contributed by atoms with van der Waals surface area (Å²) >= 11 is 0. The second-order valence-electron chi connectivity index (χ2n) is 10.6. The Morgan fingerprint density at radius 2 is 1.36 bits per heavy atom. The van der Waals surface area contributed by atoms with Gasteiger partial charge >= 0.3 is 5.97 Å². The van der Waals surface area contributed by atoms with Gasteiger partial charge in [0.15, 0.2) is 11.6 Å². The third kappa shape index (κ3) is 10.5. The molecule has 0 aliphatic heterocycles. The number of ether oxygens (including phenoxy) is 2. The molecule has 210 valence electrons. The van der Waals surface area contributed by atoms with Crippen LogP contribution in [-0.2, 0) is 6.42 Å².